The fourth-order valence-corrected chi connectivity index (χ4v) is 8.03. The quantitative estimate of drug-likeness (QED) is 0.0656. The van der Waals surface area contributed by atoms with Crippen LogP contribution in [0.3, 0.4) is 0 Å². The monoisotopic (exact) mass is 1010 g/mol. The predicted molar refractivity (Wildman–Crippen MR) is 281 cm³/mol. The third-order valence-corrected chi connectivity index (χ3v) is 12.3. The van der Waals surface area contributed by atoms with E-state index in [0.717, 1.165) is 17.1 Å². The number of nitrogens with zero attached hydrogens (tertiary/aromatic N) is 4. The van der Waals surface area contributed by atoms with Gasteiger partial charge in [0.05, 0.1) is 53.5 Å². The van der Waals surface area contributed by atoms with E-state index in [1.54, 1.807) is 64.4 Å². The molecule has 0 atom stereocenters. The summed E-state index contributed by atoms with van der Waals surface area (Å²) in [7, 11) is 3.60. The van der Waals surface area contributed by atoms with Crippen LogP contribution in [0.15, 0.2) is 107 Å². The Morgan fingerprint density at radius 3 is 1.44 bits per heavy atom. The molecule has 0 aliphatic heterocycles. The summed E-state index contributed by atoms with van der Waals surface area (Å²) in [5.74, 6) is -0.278. The van der Waals surface area contributed by atoms with Gasteiger partial charge in [0.1, 0.15) is 22.9 Å². The molecule has 4 aromatic carbocycles. The lowest BCUT2D eigenvalue weighted by atomic mass is 9.82. The van der Waals surface area contributed by atoms with E-state index in [9.17, 15) is 28.8 Å². The van der Waals surface area contributed by atoms with Crippen LogP contribution in [-0.4, -0.2) is 60.5 Å². The van der Waals surface area contributed by atoms with Gasteiger partial charge in [-0.25, -0.2) is 9.36 Å². The molecule has 1 amide bonds. The Bertz CT molecular complexity index is 2930. The Labute approximate surface area is 425 Å². The molecule has 0 bridgehead atoms. The van der Waals surface area contributed by atoms with Gasteiger partial charge < -0.3 is 25.6 Å². The normalized spacial score (nSPS) is 11.2. The van der Waals surface area contributed by atoms with Crippen LogP contribution >= 0.6 is 23.2 Å². The molecule has 0 aliphatic carbocycles. The zero-order valence-electron chi connectivity index (χ0n) is 42.2. The summed E-state index contributed by atoms with van der Waals surface area (Å²) >= 11 is 12.0. The van der Waals surface area contributed by atoms with Crippen molar-refractivity contribution in [2.45, 2.75) is 93.9 Å². The predicted octanol–water partition coefficient (Wildman–Crippen LogP) is 10.8. The summed E-state index contributed by atoms with van der Waals surface area (Å²) < 4.78 is 17.6. The Morgan fingerprint density at radius 2 is 1.04 bits per heavy atom. The molecule has 2 heterocycles. The Balaban J connectivity index is 0.000000257. The minimum Gasteiger partial charge on any atom is -0.493 e. The van der Waals surface area contributed by atoms with Gasteiger partial charge in [0.15, 0.2) is 11.6 Å². The van der Waals surface area contributed by atoms with Crippen molar-refractivity contribution < 1.29 is 33.8 Å². The average molecular weight is 1010 g/mol. The number of carbonyl (C=O) groups excluding carboxylic acids is 3. The summed E-state index contributed by atoms with van der Waals surface area (Å²) in [6, 6.07) is 28.7. The van der Waals surface area contributed by atoms with Crippen LogP contribution < -0.4 is 31.6 Å². The number of nitrogens with two attached hydrogens (primary N) is 1. The second kappa shape index (κ2) is 25.3. The highest BCUT2D eigenvalue weighted by Crippen LogP contribution is 2.32. The SMILES string of the molecule is CCOc1ccc(Cl)cc1C(=O)CCC(C)(C)CC(=O)Nc1c(C)n(C)n(-c2ccccc2)c1=O.CCOc1ccc(Cl)cc1C(=O)CCC(C)(C)CC(=O)O.Cc1c(N)c(=O)n(-c2ccccc2)n1C. The number of halogens is 2. The number of carboxylic acid groups (broad SMARTS) is 1. The largest absolute Gasteiger partial charge is 0.493 e. The van der Waals surface area contributed by atoms with E-state index in [2.05, 4.69) is 5.32 Å². The maximum atomic E-state index is 13.1. The Hall–Kier alpha value is -6.84. The van der Waals surface area contributed by atoms with Crippen molar-refractivity contribution >= 4 is 58.0 Å². The maximum absolute atomic E-state index is 13.1. The summed E-state index contributed by atoms with van der Waals surface area (Å²) in [6.07, 6.45) is 1.68. The van der Waals surface area contributed by atoms with Crippen LogP contribution in [0.2, 0.25) is 10.0 Å². The molecule has 6 rings (SSSR count). The Morgan fingerprint density at radius 1 is 0.634 bits per heavy atom. The first kappa shape index (κ1) is 56.7. The highest BCUT2D eigenvalue weighted by Gasteiger charge is 2.27. The molecule has 17 heteroatoms. The number of hydrogen-bond donors (Lipinski definition) is 3. The van der Waals surface area contributed by atoms with E-state index < -0.39 is 16.8 Å². The van der Waals surface area contributed by atoms with Crippen molar-refractivity contribution in [3.05, 3.63) is 150 Å². The number of aliphatic carboxylic acids is 1. The molecule has 2 aromatic heterocycles. The zero-order valence-corrected chi connectivity index (χ0v) is 43.7. The molecule has 380 valence electrons. The van der Waals surface area contributed by atoms with Crippen LogP contribution in [0.5, 0.6) is 11.5 Å². The number of benzene rings is 4. The van der Waals surface area contributed by atoms with E-state index in [1.807, 2.05) is 116 Å². The number of ketones is 2. The Kier molecular flexibility index (Phi) is 20.2. The number of Topliss-reactive ketones (excluding diaryl/α,β-unsaturated/α-hetero) is 2. The molecule has 0 unspecified atom stereocenters. The summed E-state index contributed by atoms with van der Waals surface area (Å²) in [4.78, 5) is 73.8. The second-order valence-corrected chi connectivity index (χ2v) is 19.4. The molecule has 0 radical (unpaired) electrons. The van der Waals surface area contributed by atoms with E-state index in [-0.39, 0.29) is 60.0 Å². The van der Waals surface area contributed by atoms with Crippen molar-refractivity contribution in [1.29, 1.82) is 0 Å². The van der Waals surface area contributed by atoms with Crippen LogP contribution in [0.25, 0.3) is 11.4 Å². The number of nitrogen functional groups attached to an aromatic ring is 1. The van der Waals surface area contributed by atoms with Crippen LogP contribution in [-0.2, 0) is 23.7 Å². The van der Waals surface area contributed by atoms with Crippen molar-refractivity contribution in [3.8, 4) is 22.9 Å². The number of carbonyl (C=O) groups is 4. The van der Waals surface area contributed by atoms with Gasteiger partial charge >= 0.3 is 5.97 Å². The minimum atomic E-state index is -0.856. The first-order valence-corrected chi connectivity index (χ1v) is 24.0. The van der Waals surface area contributed by atoms with E-state index in [1.165, 1.54) is 4.68 Å². The number of ether oxygens (including phenoxy) is 2. The standard InChI is InChI=1S/C27H32ClN3O4.C16H21ClO4.C11H13N3O/c1-6-35-23-13-12-19(28)16-21(23)22(32)14-15-27(3,4)17-24(33)29-25-18(2)30(5)31(26(25)34)20-10-8-7-9-11-20;1-4-21-14-6-5-11(17)9-12(14)13(18)7-8-16(2,3)10-15(19)20;1-8-10(12)11(15)14(13(8)2)9-6-4-3-5-7-9/h7-13,16H,6,14-15,17H2,1-5H3,(H,29,33);5-6,9H,4,7-8,10H2,1-3H3,(H,19,20);3-7H,12H2,1-2H3. The van der Waals surface area contributed by atoms with E-state index in [4.69, 9.17) is 43.5 Å². The number of hydrogen-bond acceptors (Lipinski definition) is 9. The van der Waals surface area contributed by atoms with Crippen LogP contribution in [0.1, 0.15) is 112 Å². The van der Waals surface area contributed by atoms with E-state index in [0.29, 0.717) is 70.1 Å². The highest BCUT2D eigenvalue weighted by atomic mass is 35.5. The molecule has 0 saturated heterocycles. The van der Waals surface area contributed by atoms with Gasteiger partial charge in [-0.3, -0.25) is 38.1 Å². The fraction of sp³-hybridized carbons (Fsp3) is 0.370. The zero-order chi connectivity index (χ0) is 52.8. The lowest BCUT2D eigenvalue weighted by Gasteiger charge is -2.23. The number of anilines is 2. The lowest BCUT2D eigenvalue weighted by Crippen LogP contribution is -2.26. The van der Waals surface area contributed by atoms with Crippen molar-refractivity contribution in [2.75, 3.05) is 24.3 Å². The fourth-order valence-electron chi connectivity index (χ4n) is 7.68. The summed E-state index contributed by atoms with van der Waals surface area (Å²) in [5.41, 5.74) is 8.78. The van der Waals surface area contributed by atoms with Crippen molar-refractivity contribution in [1.82, 2.24) is 18.7 Å². The number of para-hydroxylation sites is 2. The molecular formula is C54H66Cl2N6O9. The molecule has 71 heavy (non-hydrogen) atoms. The molecule has 0 saturated carbocycles. The van der Waals surface area contributed by atoms with Crippen molar-refractivity contribution in [3.63, 3.8) is 0 Å². The third-order valence-electron chi connectivity index (χ3n) is 11.8. The molecule has 0 fully saturated rings. The first-order chi connectivity index (χ1) is 33.4. The molecular weight excluding hydrogens is 948 g/mol. The number of aromatic nitrogens is 4. The van der Waals surface area contributed by atoms with Crippen LogP contribution in [0.4, 0.5) is 11.4 Å². The summed E-state index contributed by atoms with van der Waals surface area (Å²) in [6.45, 7) is 15.8. The molecule has 4 N–H and O–H groups in total. The molecule has 0 spiro atoms. The van der Waals surface area contributed by atoms with Gasteiger partial charge in [0.2, 0.25) is 5.91 Å². The molecule has 0 aliphatic rings. The van der Waals surface area contributed by atoms with Gasteiger partial charge in [0.25, 0.3) is 11.1 Å². The number of nitrogens with one attached hydrogen (secondary N) is 1. The highest BCUT2D eigenvalue weighted by molar-refractivity contribution is 6.31. The van der Waals surface area contributed by atoms with Gasteiger partial charge in [-0.15, -0.1) is 0 Å². The van der Waals surface area contributed by atoms with Crippen molar-refractivity contribution in [2.24, 2.45) is 24.9 Å². The van der Waals surface area contributed by atoms with Crippen LogP contribution in [0, 0.1) is 24.7 Å². The smallest absolute Gasteiger partial charge is 0.303 e. The lowest BCUT2D eigenvalue weighted by molar-refractivity contribution is -0.139. The van der Waals surface area contributed by atoms with Gasteiger partial charge in [-0.05, 0) is 112 Å². The second-order valence-electron chi connectivity index (χ2n) is 18.5. The topological polar surface area (TPSA) is 199 Å². The number of amides is 1. The van der Waals surface area contributed by atoms with Gasteiger partial charge in [0, 0.05) is 43.4 Å². The van der Waals surface area contributed by atoms with Gasteiger partial charge in [-0.1, -0.05) is 87.3 Å². The number of carboxylic acids is 1. The third kappa shape index (κ3) is 15.6. The summed E-state index contributed by atoms with van der Waals surface area (Å²) in [5, 5.41) is 12.6. The minimum absolute atomic E-state index is 0.0359. The van der Waals surface area contributed by atoms with E-state index >= 15 is 0 Å². The van der Waals surface area contributed by atoms with Gasteiger partial charge in [-0.2, -0.15) is 0 Å². The molecule has 15 nitrogen and oxygen atoms in total. The maximum Gasteiger partial charge on any atom is 0.303 e. The first-order valence-electron chi connectivity index (χ1n) is 23.3. The average Bonchev–Trinajstić information content (AvgIpc) is 3.65. The number of rotatable bonds is 19. The molecule has 6 aromatic rings.